The number of rotatable bonds is 3. The molecule has 0 radical (unpaired) electrons. The van der Waals surface area contributed by atoms with E-state index in [9.17, 15) is 9.59 Å². The minimum atomic E-state index is -0.455. The van der Waals surface area contributed by atoms with Crippen LogP contribution in [0.1, 0.15) is 0 Å². The number of nitrogens with one attached hydrogen (secondary N) is 1. The molecule has 2 rings (SSSR count). The number of fused-ring (bicyclic) bond motifs is 1. The van der Waals surface area contributed by atoms with Crippen molar-refractivity contribution in [3.63, 3.8) is 0 Å². The van der Waals surface area contributed by atoms with Gasteiger partial charge in [0.25, 0.3) is 5.56 Å². The quantitative estimate of drug-likeness (QED) is 0.727. The number of aromatic nitrogens is 3. The number of carbonyl (C=O) groups is 1. The van der Waals surface area contributed by atoms with E-state index in [1.807, 2.05) is 0 Å². The molecule has 0 aliphatic carbocycles. The van der Waals surface area contributed by atoms with E-state index in [2.05, 4.69) is 15.6 Å². The Morgan fingerprint density at radius 2 is 2.22 bits per heavy atom. The Morgan fingerprint density at radius 3 is 3.00 bits per heavy atom. The molecule has 18 heavy (non-hydrogen) atoms. The fourth-order valence-electron chi connectivity index (χ4n) is 1.46. The molecule has 7 heteroatoms. The molecule has 1 amide bonds. The standard InChI is InChI=1S/C11H9N5O2/c12-5-6-13-10(17)7-16-11(18)8-3-1-2-4-9(8)14-15-16/h1-4H,6-7H2,(H,13,17). The van der Waals surface area contributed by atoms with Crippen LogP contribution >= 0.6 is 0 Å². The molecule has 0 saturated carbocycles. The second-order valence-electron chi connectivity index (χ2n) is 3.50. The highest BCUT2D eigenvalue weighted by molar-refractivity contribution is 5.78. The van der Waals surface area contributed by atoms with Crippen LogP contribution in [0.2, 0.25) is 0 Å². The smallest absolute Gasteiger partial charge is 0.278 e. The van der Waals surface area contributed by atoms with E-state index in [1.165, 1.54) is 0 Å². The van der Waals surface area contributed by atoms with E-state index in [0.29, 0.717) is 10.9 Å². The van der Waals surface area contributed by atoms with Gasteiger partial charge in [0.2, 0.25) is 5.91 Å². The number of nitrogens with zero attached hydrogens (tertiary/aromatic N) is 4. The predicted octanol–water partition coefficient (Wildman–Crippen LogP) is -0.569. The van der Waals surface area contributed by atoms with Gasteiger partial charge in [-0.05, 0) is 12.1 Å². The Balaban J connectivity index is 2.30. The van der Waals surface area contributed by atoms with Crippen molar-refractivity contribution in [2.24, 2.45) is 0 Å². The van der Waals surface area contributed by atoms with E-state index in [-0.39, 0.29) is 18.6 Å². The van der Waals surface area contributed by atoms with Crippen molar-refractivity contribution in [1.29, 1.82) is 5.26 Å². The molecule has 2 aromatic rings. The first-order valence-corrected chi connectivity index (χ1v) is 5.18. The molecule has 90 valence electrons. The Morgan fingerprint density at radius 1 is 1.44 bits per heavy atom. The summed E-state index contributed by atoms with van der Waals surface area (Å²) in [5, 5.41) is 18.6. The van der Waals surface area contributed by atoms with Gasteiger partial charge in [-0.25, -0.2) is 4.68 Å². The molecule has 1 N–H and O–H groups in total. The zero-order valence-corrected chi connectivity index (χ0v) is 9.33. The first-order chi connectivity index (χ1) is 8.72. The molecule has 1 aromatic heterocycles. The lowest BCUT2D eigenvalue weighted by molar-refractivity contribution is -0.121. The van der Waals surface area contributed by atoms with E-state index in [1.54, 1.807) is 30.3 Å². The average molecular weight is 243 g/mol. The molecule has 1 heterocycles. The zero-order chi connectivity index (χ0) is 13.0. The number of benzene rings is 1. The number of hydrogen-bond donors (Lipinski definition) is 1. The van der Waals surface area contributed by atoms with Gasteiger partial charge in [0.15, 0.2) is 0 Å². The summed E-state index contributed by atoms with van der Waals surface area (Å²) in [5.74, 6) is -0.455. The number of amides is 1. The SMILES string of the molecule is N#CCNC(=O)Cn1nnc2ccccc2c1=O. The maximum absolute atomic E-state index is 12.0. The summed E-state index contributed by atoms with van der Waals surface area (Å²) >= 11 is 0. The molecule has 0 fully saturated rings. The van der Waals surface area contributed by atoms with Gasteiger partial charge in [0.05, 0.1) is 11.5 Å². The van der Waals surface area contributed by atoms with Gasteiger partial charge in [0, 0.05) is 0 Å². The minimum Gasteiger partial charge on any atom is -0.341 e. The highest BCUT2D eigenvalue weighted by Crippen LogP contribution is 2.02. The van der Waals surface area contributed by atoms with Crippen LogP contribution in [0.5, 0.6) is 0 Å². The number of carbonyl (C=O) groups excluding carboxylic acids is 1. The Hall–Kier alpha value is -2.75. The third kappa shape index (κ3) is 2.32. The summed E-state index contributed by atoms with van der Waals surface area (Å²) in [5.41, 5.74) is 0.101. The maximum Gasteiger partial charge on any atom is 0.278 e. The van der Waals surface area contributed by atoms with Crippen LogP contribution < -0.4 is 10.9 Å². The first-order valence-electron chi connectivity index (χ1n) is 5.18. The van der Waals surface area contributed by atoms with Gasteiger partial charge < -0.3 is 5.32 Å². The Kier molecular flexibility index (Phi) is 3.29. The van der Waals surface area contributed by atoms with Crippen LogP contribution in [0.4, 0.5) is 0 Å². The van der Waals surface area contributed by atoms with Crippen molar-refractivity contribution in [2.75, 3.05) is 6.54 Å². The van der Waals surface area contributed by atoms with Crippen LogP contribution in [0, 0.1) is 11.3 Å². The Bertz CT molecular complexity index is 686. The fraction of sp³-hybridized carbons (Fsp3) is 0.182. The van der Waals surface area contributed by atoms with Crippen LogP contribution in [0.15, 0.2) is 29.1 Å². The second-order valence-corrected chi connectivity index (χ2v) is 3.50. The lowest BCUT2D eigenvalue weighted by atomic mass is 10.2. The van der Waals surface area contributed by atoms with E-state index >= 15 is 0 Å². The third-order valence-corrected chi connectivity index (χ3v) is 2.29. The molecular weight excluding hydrogens is 234 g/mol. The highest BCUT2D eigenvalue weighted by atomic mass is 16.2. The van der Waals surface area contributed by atoms with Crippen molar-refractivity contribution >= 4 is 16.8 Å². The van der Waals surface area contributed by atoms with Gasteiger partial charge in [0.1, 0.15) is 18.6 Å². The molecule has 0 aliphatic heterocycles. The number of nitriles is 1. The van der Waals surface area contributed by atoms with Crippen molar-refractivity contribution in [1.82, 2.24) is 20.3 Å². The van der Waals surface area contributed by atoms with Gasteiger partial charge >= 0.3 is 0 Å². The lowest BCUT2D eigenvalue weighted by Crippen LogP contribution is -2.34. The van der Waals surface area contributed by atoms with Crippen LogP contribution in [-0.4, -0.2) is 27.4 Å². The summed E-state index contributed by atoms with van der Waals surface area (Å²) in [6, 6.07) is 8.53. The minimum absolute atomic E-state index is 0.103. The van der Waals surface area contributed by atoms with Crippen molar-refractivity contribution < 1.29 is 4.79 Å². The summed E-state index contributed by atoms with van der Waals surface area (Å²) in [4.78, 5) is 23.3. The average Bonchev–Trinajstić information content (AvgIpc) is 2.40. The molecule has 7 nitrogen and oxygen atoms in total. The van der Waals surface area contributed by atoms with Crippen LogP contribution in [0.3, 0.4) is 0 Å². The maximum atomic E-state index is 12.0. The van der Waals surface area contributed by atoms with Crippen molar-refractivity contribution in [3.8, 4) is 6.07 Å². The summed E-state index contributed by atoms with van der Waals surface area (Å²) in [7, 11) is 0. The van der Waals surface area contributed by atoms with E-state index in [4.69, 9.17) is 5.26 Å². The number of hydrogen-bond acceptors (Lipinski definition) is 5. The van der Waals surface area contributed by atoms with Crippen molar-refractivity contribution in [2.45, 2.75) is 6.54 Å². The van der Waals surface area contributed by atoms with Gasteiger partial charge in [-0.1, -0.05) is 17.3 Å². The fourth-order valence-corrected chi connectivity index (χ4v) is 1.46. The topological polar surface area (TPSA) is 101 Å². The molecular formula is C11H9N5O2. The zero-order valence-electron chi connectivity index (χ0n) is 9.33. The lowest BCUT2D eigenvalue weighted by Gasteiger charge is -2.03. The van der Waals surface area contributed by atoms with E-state index in [0.717, 1.165) is 4.68 Å². The summed E-state index contributed by atoms with van der Waals surface area (Å²) in [6.07, 6.45) is 0. The third-order valence-electron chi connectivity index (χ3n) is 2.29. The first kappa shape index (κ1) is 11.7. The predicted molar refractivity (Wildman–Crippen MR) is 62.4 cm³/mol. The molecule has 0 unspecified atom stereocenters. The summed E-state index contributed by atoms with van der Waals surface area (Å²) < 4.78 is 0.967. The van der Waals surface area contributed by atoms with Gasteiger partial charge in [-0.3, -0.25) is 9.59 Å². The monoisotopic (exact) mass is 243 g/mol. The Labute approximate surface area is 102 Å². The van der Waals surface area contributed by atoms with Crippen LogP contribution in [0.25, 0.3) is 10.9 Å². The normalized spacial score (nSPS) is 9.94. The molecule has 1 aromatic carbocycles. The van der Waals surface area contributed by atoms with Crippen LogP contribution in [-0.2, 0) is 11.3 Å². The highest BCUT2D eigenvalue weighted by Gasteiger charge is 2.08. The molecule has 0 spiro atoms. The molecule has 0 saturated heterocycles. The largest absolute Gasteiger partial charge is 0.341 e. The summed E-state index contributed by atoms with van der Waals surface area (Å²) in [6.45, 7) is -0.354. The van der Waals surface area contributed by atoms with Gasteiger partial charge in [-0.15, -0.1) is 5.10 Å². The molecule has 0 bridgehead atoms. The van der Waals surface area contributed by atoms with Crippen molar-refractivity contribution in [3.05, 3.63) is 34.6 Å². The van der Waals surface area contributed by atoms with Gasteiger partial charge in [-0.2, -0.15) is 5.26 Å². The molecule has 0 atom stereocenters. The molecule has 0 aliphatic rings. The van der Waals surface area contributed by atoms with E-state index < -0.39 is 5.91 Å². The second kappa shape index (κ2) is 5.05.